The van der Waals surface area contributed by atoms with Crippen LogP contribution in [0.5, 0.6) is 11.5 Å². The maximum Gasteiger partial charge on any atom is 0.307 e. The third-order valence-electron chi connectivity index (χ3n) is 3.22. The number of aliphatic carboxylic acids is 1. The van der Waals surface area contributed by atoms with Gasteiger partial charge in [-0.15, -0.1) is 11.8 Å². The number of carbonyl (C=O) groups is 1. The summed E-state index contributed by atoms with van der Waals surface area (Å²) in [5.41, 5.74) is 0. The number of thioether (sulfide) groups is 1. The molecule has 0 aromatic heterocycles. The van der Waals surface area contributed by atoms with Gasteiger partial charge in [-0.2, -0.15) is 0 Å². The van der Waals surface area contributed by atoms with Gasteiger partial charge in [0.1, 0.15) is 12.8 Å². The average Bonchev–Trinajstić information content (AvgIpc) is 2.93. The zero-order valence-electron chi connectivity index (χ0n) is 11.8. The monoisotopic (exact) mass is 313 g/mol. The van der Waals surface area contributed by atoms with E-state index in [9.17, 15) is 9.90 Å². The summed E-state index contributed by atoms with van der Waals surface area (Å²) in [5, 5.41) is 18.6. The molecule has 116 valence electrons. The van der Waals surface area contributed by atoms with Gasteiger partial charge in [0.15, 0.2) is 11.5 Å². The second kappa shape index (κ2) is 7.53. The number of ether oxygens (including phenoxy) is 2. The Hall–Kier alpha value is -1.44. The van der Waals surface area contributed by atoms with E-state index in [1.165, 1.54) is 0 Å². The maximum atomic E-state index is 10.7. The van der Waals surface area contributed by atoms with Crippen molar-refractivity contribution in [2.24, 2.45) is 0 Å². The summed E-state index contributed by atoms with van der Waals surface area (Å²) in [6.07, 6.45) is -1.27. The average molecular weight is 313 g/mol. The fraction of sp³-hybridized carbons (Fsp3) is 0.500. The second-order valence-corrected chi connectivity index (χ2v) is 5.89. The van der Waals surface area contributed by atoms with E-state index in [4.69, 9.17) is 14.6 Å². The van der Waals surface area contributed by atoms with E-state index in [1.54, 1.807) is 23.8 Å². The molecule has 1 heterocycles. The highest BCUT2D eigenvalue weighted by atomic mass is 32.2. The highest BCUT2D eigenvalue weighted by molar-refractivity contribution is 8.00. The van der Waals surface area contributed by atoms with Crippen LogP contribution < -0.4 is 9.47 Å². The summed E-state index contributed by atoms with van der Waals surface area (Å²) in [6, 6.07) is 7.35. The number of carboxylic acids is 1. The van der Waals surface area contributed by atoms with E-state index in [2.05, 4.69) is 0 Å². The van der Waals surface area contributed by atoms with Gasteiger partial charge in [0.05, 0.1) is 18.9 Å². The number of rotatable bonds is 7. The Morgan fingerprint density at radius 2 is 2.19 bits per heavy atom. The molecule has 2 N–H and O–H groups in total. The van der Waals surface area contributed by atoms with E-state index >= 15 is 0 Å². The largest absolute Gasteiger partial charge is 0.493 e. The van der Waals surface area contributed by atoms with Gasteiger partial charge in [0.25, 0.3) is 0 Å². The maximum absolute atomic E-state index is 10.7. The van der Waals surface area contributed by atoms with Gasteiger partial charge in [-0.05, 0) is 12.1 Å². The molecule has 2 atom stereocenters. The van der Waals surface area contributed by atoms with Crippen LogP contribution in [-0.4, -0.2) is 58.7 Å². The first kappa shape index (κ1) is 15.9. The summed E-state index contributed by atoms with van der Waals surface area (Å²) >= 11 is 1.65. The summed E-state index contributed by atoms with van der Waals surface area (Å²) in [6.45, 7) is 1.01. The molecule has 1 aliphatic rings. The Balaban J connectivity index is 1.94. The van der Waals surface area contributed by atoms with Crippen LogP contribution in [-0.2, 0) is 4.79 Å². The van der Waals surface area contributed by atoms with Crippen molar-refractivity contribution < 1.29 is 24.5 Å². The summed E-state index contributed by atoms with van der Waals surface area (Å²) < 4.78 is 11.0. The molecule has 0 bridgehead atoms. The normalized spacial score (nSPS) is 20.2. The molecule has 0 aliphatic carbocycles. The number of aliphatic hydroxyl groups excluding tert-OH is 1. The van der Waals surface area contributed by atoms with Crippen molar-refractivity contribution in [2.45, 2.75) is 18.0 Å². The minimum Gasteiger partial charge on any atom is -0.493 e. The first-order valence-corrected chi connectivity index (χ1v) is 7.69. The first-order chi connectivity index (χ1) is 10.1. The van der Waals surface area contributed by atoms with E-state index in [0.29, 0.717) is 24.7 Å². The summed E-state index contributed by atoms with van der Waals surface area (Å²) in [5.74, 6) is 1.12. The third-order valence-corrected chi connectivity index (χ3v) is 4.43. The highest BCUT2D eigenvalue weighted by Gasteiger charge is 2.32. The van der Waals surface area contributed by atoms with Crippen molar-refractivity contribution in [1.29, 1.82) is 0 Å². The van der Waals surface area contributed by atoms with Crippen molar-refractivity contribution in [3.05, 3.63) is 24.3 Å². The lowest BCUT2D eigenvalue weighted by Gasteiger charge is -2.27. The van der Waals surface area contributed by atoms with Gasteiger partial charge in [-0.3, -0.25) is 9.69 Å². The van der Waals surface area contributed by atoms with E-state index in [1.807, 2.05) is 24.3 Å². The lowest BCUT2D eigenvalue weighted by molar-refractivity contribution is -0.142. The quantitative estimate of drug-likeness (QED) is 0.784. The Morgan fingerprint density at radius 3 is 2.86 bits per heavy atom. The molecule has 0 amide bonds. The summed E-state index contributed by atoms with van der Waals surface area (Å²) in [4.78, 5) is 12.5. The van der Waals surface area contributed by atoms with E-state index < -0.39 is 12.2 Å². The molecule has 1 aliphatic heterocycles. The van der Waals surface area contributed by atoms with Crippen LogP contribution in [0.3, 0.4) is 0 Å². The first-order valence-electron chi connectivity index (χ1n) is 6.65. The van der Waals surface area contributed by atoms with Crippen molar-refractivity contribution in [2.75, 3.05) is 26.0 Å². The number of nitrogens with zero attached hydrogens (tertiary/aromatic N) is 1. The predicted octanol–water partition coefficient (Wildman–Crippen LogP) is 1.24. The zero-order chi connectivity index (χ0) is 15.2. The van der Waals surface area contributed by atoms with Crippen LogP contribution in [0.1, 0.15) is 6.42 Å². The topological polar surface area (TPSA) is 79.2 Å². The van der Waals surface area contributed by atoms with Crippen LogP contribution in [0, 0.1) is 0 Å². The van der Waals surface area contributed by atoms with E-state index in [0.717, 1.165) is 5.75 Å². The molecule has 0 radical (unpaired) electrons. The predicted molar refractivity (Wildman–Crippen MR) is 79.7 cm³/mol. The Morgan fingerprint density at radius 1 is 1.48 bits per heavy atom. The molecule has 21 heavy (non-hydrogen) atoms. The molecule has 6 nitrogen and oxygen atoms in total. The van der Waals surface area contributed by atoms with Crippen LogP contribution in [0.2, 0.25) is 0 Å². The fourth-order valence-corrected chi connectivity index (χ4v) is 3.38. The lowest BCUT2D eigenvalue weighted by Crippen LogP contribution is -2.42. The summed E-state index contributed by atoms with van der Waals surface area (Å²) in [7, 11) is 1.58. The van der Waals surface area contributed by atoms with Crippen LogP contribution in [0.4, 0.5) is 0 Å². The number of hydrogen-bond donors (Lipinski definition) is 2. The number of methoxy groups -OCH3 is 1. The van der Waals surface area contributed by atoms with Crippen molar-refractivity contribution in [3.8, 4) is 11.5 Å². The molecule has 1 aromatic rings. The van der Waals surface area contributed by atoms with Crippen molar-refractivity contribution >= 4 is 17.7 Å². The molecule has 0 spiro atoms. The van der Waals surface area contributed by atoms with Crippen molar-refractivity contribution in [1.82, 2.24) is 4.90 Å². The Labute approximate surface area is 127 Å². The SMILES string of the molecule is COc1ccccc1OCC1SCCN1C(O)CC(=O)O. The standard InChI is InChI=1S/C14H19NO5S/c1-19-10-4-2-3-5-11(10)20-9-13-15(6-7-21-13)12(16)8-14(17)18/h2-5,12-13,16H,6-9H2,1H3,(H,17,18). The molecular formula is C14H19NO5S. The highest BCUT2D eigenvalue weighted by Crippen LogP contribution is 2.30. The molecule has 2 rings (SSSR count). The van der Waals surface area contributed by atoms with Gasteiger partial charge in [0.2, 0.25) is 0 Å². The van der Waals surface area contributed by atoms with Gasteiger partial charge in [-0.1, -0.05) is 12.1 Å². The number of carboxylic acid groups (broad SMARTS) is 1. The van der Waals surface area contributed by atoms with Crippen LogP contribution in [0.15, 0.2) is 24.3 Å². The van der Waals surface area contributed by atoms with Gasteiger partial charge in [-0.25, -0.2) is 0 Å². The molecule has 1 saturated heterocycles. The Bertz CT molecular complexity index is 484. The minimum atomic E-state index is -1.01. The lowest BCUT2D eigenvalue weighted by atomic mass is 10.3. The van der Waals surface area contributed by atoms with Gasteiger partial charge < -0.3 is 19.7 Å². The van der Waals surface area contributed by atoms with Crippen LogP contribution in [0.25, 0.3) is 0 Å². The molecule has 1 fully saturated rings. The Kier molecular flexibility index (Phi) is 5.72. The van der Waals surface area contributed by atoms with Gasteiger partial charge >= 0.3 is 5.97 Å². The zero-order valence-corrected chi connectivity index (χ0v) is 12.6. The second-order valence-electron chi connectivity index (χ2n) is 4.60. The number of para-hydroxylation sites is 2. The van der Waals surface area contributed by atoms with Crippen molar-refractivity contribution in [3.63, 3.8) is 0 Å². The fourth-order valence-electron chi connectivity index (χ4n) is 2.19. The molecule has 0 saturated carbocycles. The van der Waals surface area contributed by atoms with Gasteiger partial charge in [0, 0.05) is 12.3 Å². The number of hydrogen-bond acceptors (Lipinski definition) is 6. The minimum absolute atomic E-state index is 0.0655. The number of benzene rings is 1. The number of aliphatic hydroxyl groups is 1. The molecule has 7 heteroatoms. The van der Waals surface area contributed by atoms with Crippen LogP contribution >= 0.6 is 11.8 Å². The van der Waals surface area contributed by atoms with E-state index in [-0.39, 0.29) is 11.8 Å². The molecule has 1 aromatic carbocycles. The molecular weight excluding hydrogens is 294 g/mol. The third kappa shape index (κ3) is 4.26. The smallest absolute Gasteiger partial charge is 0.307 e. The molecule has 2 unspecified atom stereocenters.